The highest BCUT2D eigenvalue weighted by molar-refractivity contribution is 7.11. The van der Waals surface area contributed by atoms with Gasteiger partial charge in [0.05, 0.1) is 10.7 Å². The van der Waals surface area contributed by atoms with Crippen molar-refractivity contribution in [3.63, 3.8) is 0 Å². The average molecular weight is 268 g/mol. The highest BCUT2D eigenvalue weighted by Crippen LogP contribution is 2.31. The maximum absolute atomic E-state index is 11.3. The molecule has 18 heavy (non-hydrogen) atoms. The van der Waals surface area contributed by atoms with Crippen LogP contribution in [0.2, 0.25) is 0 Å². The summed E-state index contributed by atoms with van der Waals surface area (Å²) >= 11 is 1.73. The summed E-state index contributed by atoms with van der Waals surface area (Å²) in [4.78, 5) is 19.2. The highest BCUT2D eigenvalue weighted by atomic mass is 32.1. The van der Waals surface area contributed by atoms with Crippen LogP contribution in [-0.2, 0) is 17.8 Å². The van der Waals surface area contributed by atoms with E-state index in [1.165, 1.54) is 10.6 Å². The first kappa shape index (κ1) is 13.5. The first-order valence-corrected chi connectivity index (χ1v) is 7.11. The molecule has 0 aromatic carbocycles. The van der Waals surface area contributed by atoms with Crippen LogP contribution < -0.4 is 0 Å². The fourth-order valence-corrected chi connectivity index (χ4v) is 3.20. The predicted octanol–water partition coefficient (Wildman–Crippen LogP) is 2.49. The van der Waals surface area contributed by atoms with Crippen LogP contribution in [0.25, 0.3) is 0 Å². The van der Waals surface area contributed by atoms with Crippen LogP contribution in [0.5, 0.6) is 0 Å². The van der Waals surface area contributed by atoms with Crippen molar-refractivity contribution in [3.05, 3.63) is 15.6 Å². The van der Waals surface area contributed by atoms with E-state index in [2.05, 4.69) is 18.8 Å². The summed E-state index contributed by atoms with van der Waals surface area (Å²) in [6, 6.07) is 0. The standard InChI is InChI=1S/C13H20N2O2S/c1-8(2)11-14-9-5-6-15(7-10(9)18-11)13(3,4)12(16)17/h8H,5-7H2,1-4H3,(H,16,17). The number of carbonyl (C=O) groups is 1. The van der Waals surface area contributed by atoms with E-state index < -0.39 is 11.5 Å². The zero-order valence-corrected chi connectivity index (χ0v) is 12.2. The van der Waals surface area contributed by atoms with E-state index >= 15 is 0 Å². The van der Waals surface area contributed by atoms with Gasteiger partial charge in [0.15, 0.2) is 0 Å². The van der Waals surface area contributed by atoms with Gasteiger partial charge in [-0.05, 0) is 13.8 Å². The number of aromatic nitrogens is 1. The quantitative estimate of drug-likeness (QED) is 0.915. The monoisotopic (exact) mass is 268 g/mol. The predicted molar refractivity (Wildman–Crippen MR) is 72.0 cm³/mol. The Hall–Kier alpha value is -0.940. The van der Waals surface area contributed by atoms with Crippen molar-refractivity contribution in [2.24, 2.45) is 0 Å². The molecule has 4 nitrogen and oxygen atoms in total. The summed E-state index contributed by atoms with van der Waals surface area (Å²) < 4.78 is 0. The molecule has 5 heteroatoms. The Bertz CT molecular complexity index is 466. The van der Waals surface area contributed by atoms with Gasteiger partial charge in [0, 0.05) is 30.3 Å². The van der Waals surface area contributed by atoms with Gasteiger partial charge in [0.1, 0.15) is 5.54 Å². The lowest BCUT2D eigenvalue weighted by Crippen LogP contribution is -2.51. The van der Waals surface area contributed by atoms with Crippen molar-refractivity contribution in [2.45, 2.75) is 52.1 Å². The molecular formula is C13H20N2O2S. The molecule has 1 aromatic rings. The van der Waals surface area contributed by atoms with E-state index in [9.17, 15) is 9.90 Å². The maximum Gasteiger partial charge on any atom is 0.323 e. The fraction of sp³-hybridized carbons (Fsp3) is 0.692. The van der Waals surface area contributed by atoms with Crippen molar-refractivity contribution in [1.29, 1.82) is 0 Å². The maximum atomic E-state index is 11.3. The fourth-order valence-electron chi connectivity index (χ4n) is 2.07. The van der Waals surface area contributed by atoms with E-state index in [1.807, 2.05) is 4.90 Å². The van der Waals surface area contributed by atoms with E-state index in [1.54, 1.807) is 25.2 Å². The molecule has 1 N–H and O–H groups in total. The van der Waals surface area contributed by atoms with Crippen LogP contribution in [0.1, 0.15) is 49.2 Å². The number of hydrogen-bond acceptors (Lipinski definition) is 4. The number of nitrogens with zero attached hydrogens (tertiary/aromatic N) is 2. The van der Waals surface area contributed by atoms with Gasteiger partial charge in [-0.15, -0.1) is 11.3 Å². The summed E-state index contributed by atoms with van der Waals surface area (Å²) in [5.41, 5.74) is 0.362. The third kappa shape index (κ3) is 2.29. The molecule has 1 aliphatic rings. The van der Waals surface area contributed by atoms with Crippen molar-refractivity contribution < 1.29 is 9.90 Å². The molecule has 0 fully saturated rings. The SMILES string of the molecule is CC(C)c1nc2c(s1)CN(C(C)(C)C(=O)O)CC2. The smallest absolute Gasteiger partial charge is 0.323 e. The first-order chi connectivity index (χ1) is 8.32. The van der Waals surface area contributed by atoms with Gasteiger partial charge in [0.2, 0.25) is 0 Å². The van der Waals surface area contributed by atoms with Crippen LogP contribution >= 0.6 is 11.3 Å². The minimum Gasteiger partial charge on any atom is -0.480 e. The molecule has 1 aliphatic heterocycles. The second-order valence-corrected chi connectivity index (χ2v) is 6.73. The minimum absolute atomic E-state index is 0.446. The molecule has 0 atom stereocenters. The summed E-state index contributed by atoms with van der Waals surface area (Å²) in [7, 11) is 0. The van der Waals surface area contributed by atoms with Gasteiger partial charge in [-0.1, -0.05) is 13.8 Å². The lowest BCUT2D eigenvalue weighted by Gasteiger charge is -2.37. The summed E-state index contributed by atoms with van der Waals surface area (Å²) in [6.45, 7) is 9.30. The molecule has 100 valence electrons. The van der Waals surface area contributed by atoms with Gasteiger partial charge in [-0.25, -0.2) is 4.98 Å². The second-order valence-electron chi connectivity index (χ2n) is 5.61. The van der Waals surface area contributed by atoms with Crippen molar-refractivity contribution in [3.8, 4) is 0 Å². The number of hydrogen-bond donors (Lipinski definition) is 1. The first-order valence-electron chi connectivity index (χ1n) is 6.29. The van der Waals surface area contributed by atoms with E-state index in [4.69, 9.17) is 0 Å². The lowest BCUT2D eigenvalue weighted by atomic mass is 10.00. The van der Waals surface area contributed by atoms with Crippen molar-refractivity contribution >= 4 is 17.3 Å². The highest BCUT2D eigenvalue weighted by Gasteiger charge is 2.37. The van der Waals surface area contributed by atoms with Crippen LogP contribution in [0, 0.1) is 0 Å². The average Bonchev–Trinajstić information content (AvgIpc) is 2.71. The molecule has 0 radical (unpaired) electrons. The van der Waals surface area contributed by atoms with E-state index in [0.29, 0.717) is 12.5 Å². The summed E-state index contributed by atoms with van der Waals surface area (Å²) in [5, 5.41) is 10.4. The molecular weight excluding hydrogens is 248 g/mol. The summed E-state index contributed by atoms with van der Waals surface area (Å²) in [5.74, 6) is -0.318. The van der Waals surface area contributed by atoms with E-state index in [-0.39, 0.29) is 0 Å². The van der Waals surface area contributed by atoms with E-state index in [0.717, 1.165) is 18.0 Å². The van der Waals surface area contributed by atoms with Crippen molar-refractivity contribution in [1.82, 2.24) is 9.88 Å². The number of rotatable bonds is 3. The second kappa shape index (κ2) is 4.63. The van der Waals surface area contributed by atoms with Crippen molar-refractivity contribution in [2.75, 3.05) is 6.54 Å². The van der Waals surface area contributed by atoms with Gasteiger partial charge in [0.25, 0.3) is 0 Å². The Labute approximate surface area is 112 Å². The lowest BCUT2D eigenvalue weighted by molar-refractivity contribution is -0.150. The largest absolute Gasteiger partial charge is 0.480 e. The molecule has 0 unspecified atom stereocenters. The Balaban J connectivity index is 2.22. The van der Waals surface area contributed by atoms with Crippen LogP contribution in [0.4, 0.5) is 0 Å². The zero-order chi connectivity index (χ0) is 13.5. The number of carboxylic acid groups (broad SMARTS) is 1. The Morgan fingerprint density at radius 1 is 1.50 bits per heavy atom. The number of carboxylic acids is 1. The molecule has 2 heterocycles. The van der Waals surface area contributed by atoms with Gasteiger partial charge in [-0.2, -0.15) is 0 Å². The molecule has 0 aliphatic carbocycles. The third-order valence-electron chi connectivity index (χ3n) is 3.56. The molecule has 0 amide bonds. The third-order valence-corrected chi connectivity index (χ3v) is 4.94. The van der Waals surface area contributed by atoms with Crippen LogP contribution in [0.15, 0.2) is 0 Å². The summed E-state index contributed by atoms with van der Waals surface area (Å²) in [6.07, 6.45) is 0.856. The molecule has 0 saturated carbocycles. The molecule has 2 rings (SSSR count). The van der Waals surface area contributed by atoms with Crippen LogP contribution in [-0.4, -0.2) is 33.0 Å². The topological polar surface area (TPSA) is 53.4 Å². The molecule has 0 saturated heterocycles. The number of thiazole rings is 1. The number of aliphatic carboxylic acids is 1. The minimum atomic E-state index is -0.806. The Morgan fingerprint density at radius 3 is 2.72 bits per heavy atom. The number of fused-ring (bicyclic) bond motifs is 1. The molecule has 0 bridgehead atoms. The molecule has 0 spiro atoms. The van der Waals surface area contributed by atoms with Gasteiger partial charge < -0.3 is 5.11 Å². The molecule has 1 aromatic heterocycles. The zero-order valence-electron chi connectivity index (χ0n) is 11.4. The Morgan fingerprint density at radius 2 is 2.17 bits per heavy atom. The van der Waals surface area contributed by atoms with Crippen LogP contribution in [0.3, 0.4) is 0 Å². The van der Waals surface area contributed by atoms with Gasteiger partial charge >= 0.3 is 5.97 Å². The Kier molecular flexibility index (Phi) is 3.47. The normalized spacial score (nSPS) is 16.9. The van der Waals surface area contributed by atoms with Gasteiger partial charge in [-0.3, -0.25) is 9.69 Å².